The molecule has 9 amide bonds. The number of benzene rings is 1. The average molecular weight is 815 g/mol. The maximum atomic E-state index is 13.0. The number of carboxylic acids is 1. The highest BCUT2D eigenvalue weighted by molar-refractivity contribution is 6.04. The molecule has 1 aromatic rings. The van der Waals surface area contributed by atoms with Crippen LogP contribution in [-0.2, 0) is 54.4 Å². The van der Waals surface area contributed by atoms with E-state index in [9.17, 15) is 53.1 Å². The Balaban J connectivity index is 1.80. The lowest BCUT2D eigenvalue weighted by molar-refractivity contribution is -0.142. The summed E-state index contributed by atoms with van der Waals surface area (Å²) in [5, 5.41) is 23.7. The lowest BCUT2D eigenvalue weighted by Crippen LogP contribution is -2.53. The molecular weight excluding hydrogens is 756 g/mol. The molecule has 1 aliphatic heterocycles. The molecule has 9 N–H and O–H groups in total. The molecule has 320 valence electrons. The Morgan fingerprint density at radius 2 is 1.34 bits per heavy atom. The minimum absolute atomic E-state index is 0.0534. The van der Waals surface area contributed by atoms with Crippen molar-refractivity contribution in [2.45, 2.75) is 103 Å². The van der Waals surface area contributed by atoms with E-state index in [0.717, 1.165) is 12.8 Å². The predicted octanol–water partition coefficient (Wildman–Crippen LogP) is -0.834. The van der Waals surface area contributed by atoms with Crippen molar-refractivity contribution in [1.82, 2.24) is 36.8 Å². The van der Waals surface area contributed by atoms with Crippen LogP contribution in [0, 0.1) is 11.3 Å². The summed E-state index contributed by atoms with van der Waals surface area (Å²) in [4.78, 5) is 125. The van der Waals surface area contributed by atoms with Crippen molar-refractivity contribution in [3.8, 4) is 0 Å². The Morgan fingerprint density at radius 3 is 1.95 bits per heavy atom. The Hall–Kier alpha value is -5.88. The number of nitrogens with zero attached hydrogens (tertiary/aromatic N) is 1. The zero-order chi connectivity index (χ0) is 43.3. The van der Waals surface area contributed by atoms with Crippen LogP contribution in [0.1, 0.15) is 90.5 Å². The molecule has 3 atom stereocenters. The number of rotatable bonds is 27. The number of nitrogens with one attached hydrogen (secondary N) is 6. The van der Waals surface area contributed by atoms with Gasteiger partial charge in [-0.25, -0.2) is 0 Å². The van der Waals surface area contributed by atoms with Crippen LogP contribution >= 0.6 is 0 Å². The van der Waals surface area contributed by atoms with Gasteiger partial charge in [-0.2, -0.15) is 0 Å². The molecular formula is C39H58N8O11. The summed E-state index contributed by atoms with van der Waals surface area (Å²) in [6, 6.07) is 6.07. The molecule has 2 rings (SSSR count). The standard InChI is InChI=1S/C39H58N8O11/c1-4-39(3,5-2)26-20-34(53)47(38(26)58)18-11-7-10-16-30(49)45-28(21-35(54)55)37(57)44-23-32(51)42-24-33(52)46-27(19-25-13-8-6-9-14-25)36(56)43-22-31(50)41-17-12-15-29(40)48/h6,8-9,13-14,26-28H,4-5,7,10-12,15-24H2,1-3H3,(H2,40,48)(H,41,50)(H,42,51)(H,43,56)(H,44,57)(H,45,49)(H,46,52)(H,54,55)/t26?,27?,28-/m0/s1. The topological polar surface area (TPSA) is 292 Å². The zero-order valence-electron chi connectivity index (χ0n) is 33.5. The third-order valence-corrected chi connectivity index (χ3v) is 10.2. The number of primary amides is 1. The smallest absolute Gasteiger partial charge is 0.305 e. The van der Waals surface area contributed by atoms with Crippen LogP contribution in [0.2, 0.25) is 0 Å². The van der Waals surface area contributed by atoms with Crippen LogP contribution in [-0.4, -0.2) is 114 Å². The molecule has 0 saturated carbocycles. The van der Waals surface area contributed by atoms with Crippen LogP contribution in [0.4, 0.5) is 0 Å². The van der Waals surface area contributed by atoms with Crippen molar-refractivity contribution in [2.75, 3.05) is 32.7 Å². The molecule has 1 aromatic carbocycles. The molecule has 2 unspecified atom stereocenters. The molecule has 0 aromatic heterocycles. The molecule has 1 heterocycles. The van der Waals surface area contributed by atoms with Gasteiger partial charge in [-0.05, 0) is 43.1 Å². The Kier molecular flexibility index (Phi) is 20.5. The van der Waals surface area contributed by atoms with E-state index in [1.165, 1.54) is 4.90 Å². The molecule has 1 fully saturated rings. The van der Waals surface area contributed by atoms with Gasteiger partial charge in [0.15, 0.2) is 0 Å². The van der Waals surface area contributed by atoms with Gasteiger partial charge in [-0.15, -0.1) is 0 Å². The Bertz CT molecular complexity index is 1630. The third kappa shape index (κ3) is 17.1. The fraction of sp³-hybridized carbons (Fsp3) is 0.590. The summed E-state index contributed by atoms with van der Waals surface area (Å²) in [6.07, 6.45) is 2.70. The number of imide groups is 1. The Labute approximate surface area is 337 Å². The van der Waals surface area contributed by atoms with E-state index in [-0.39, 0.29) is 61.9 Å². The van der Waals surface area contributed by atoms with Gasteiger partial charge in [0.05, 0.1) is 32.0 Å². The van der Waals surface area contributed by atoms with Crippen molar-refractivity contribution in [3.05, 3.63) is 35.9 Å². The van der Waals surface area contributed by atoms with Crippen LogP contribution in [0.15, 0.2) is 30.3 Å². The van der Waals surface area contributed by atoms with E-state index in [0.29, 0.717) is 31.2 Å². The van der Waals surface area contributed by atoms with Crippen molar-refractivity contribution in [1.29, 1.82) is 0 Å². The number of carbonyl (C=O) groups is 10. The van der Waals surface area contributed by atoms with Gasteiger partial charge in [0, 0.05) is 38.8 Å². The van der Waals surface area contributed by atoms with Gasteiger partial charge >= 0.3 is 5.97 Å². The SMILES string of the molecule is CCC(C)(CC)C1CC(=O)N(CCCCCC(=O)N[C@@H](CC(=O)O)C(=O)NCC(=O)NCC(=O)NC(Cc2ccccc2)C(=O)NCC(=O)NCCCC(N)=O)C1=O. The van der Waals surface area contributed by atoms with Crippen molar-refractivity contribution >= 4 is 59.1 Å². The highest BCUT2D eigenvalue weighted by Crippen LogP contribution is 2.41. The molecule has 0 bridgehead atoms. The first-order chi connectivity index (χ1) is 27.5. The van der Waals surface area contributed by atoms with E-state index in [1.807, 2.05) is 20.8 Å². The summed E-state index contributed by atoms with van der Waals surface area (Å²) in [6.45, 7) is 4.77. The zero-order valence-corrected chi connectivity index (χ0v) is 33.5. The molecule has 0 radical (unpaired) electrons. The van der Waals surface area contributed by atoms with Crippen LogP contribution in [0.25, 0.3) is 0 Å². The second-order valence-electron chi connectivity index (χ2n) is 14.5. The number of carbonyl (C=O) groups excluding carboxylic acids is 9. The number of nitrogens with two attached hydrogens (primary N) is 1. The van der Waals surface area contributed by atoms with Gasteiger partial charge in [0.25, 0.3) is 0 Å². The van der Waals surface area contributed by atoms with Crippen LogP contribution in [0.3, 0.4) is 0 Å². The summed E-state index contributed by atoms with van der Waals surface area (Å²) in [7, 11) is 0. The molecule has 0 aliphatic carbocycles. The third-order valence-electron chi connectivity index (χ3n) is 10.2. The summed E-state index contributed by atoms with van der Waals surface area (Å²) >= 11 is 0. The normalized spacial score (nSPS) is 14.8. The van der Waals surface area contributed by atoms with Crippen molar-refractivity contribution in [3.63, 3.8) is 0 Å². The number of likely N-dealkylation sites (tertiary alicyclic amines) is 1. The van der Waals surface area contributed by atoms with E-state index < -0.39 is 85.5 Å². The number of unbranched alkanes of at least 4 members (excludes halogenated alkanes) is 2. The minimum atomic E-state index is -1.50. The predicted molar refractivity (Wildman–Crippen MR) is 209 cm³/mol. The molecule has 19 nitrogen and oxygen atoms in total. The number of hydrogen-bond donors (Lipinski definition) is 8. The van der Waals surface area contributed by atoms with Gasteiger partial charge < -0.3 is 42.7 Å². The van der Waals surface area contributed by atoms with Gasteiger partial charge in [-0.3, -0.25) is 52.8 Å². The van der Waals surface area contributed by atoms with E-state index >= 15 is 0 Å². The highest BCUT2D eigenvalue weighted by atomic mass is 16.4. The highest BCUT2D eigenvalue weighted by Gasteiger charge is 2.46. The first kappa shape index (κ1) is 48.3. The monoisotopic (exact) mass is 814 g/mol. The quantitative estimate of drug-likeness (QED) is 0.0401. The van der Waals surface area contributed by atoms with Gasteiger partial charge in [0.2, 0.25) is 53.2 Å². The fourth-order valence-electron chi connectivity index (χ4n) is 6.27. The van der Waals surface area contributed by atoms with Crippen molar-refractivity contribution in [2.24, 2.45) is 17.1 Å². The van der Waals surface area contributed by atoms with E-state index in [1.54, 1.807) is 30.3 Å². The number of aliphatic carboxylic acids is 1. The molecule has 1 aliphatic rings. The maximum absolute atomic E-state index is 13.0. The summed E-state index contributed by atoms with van der Waals surface area (Å²) in [5.41, 5.74) is 5.51. The lowest BCUT2D eigenvalue weighted by Gasteiger charge is -2.31. The number of hydrogen-bond acceptors (Lipinski definition) is 10. The summed E-state index contributed by atoms with van der Waals surface area (Å²) in [5.74, 6) is -6.95. The van der Waals surface area contributed by atoms with Gasteiger partial charge in [0.1, 0.15) is 12.1 Å². The minimum Gasteiger partial charge on any atom is -0.481 e. The lowest BCUT2D eigenvalue weighted by atomic mass is 9.72. The molecule has 58 heavy (non-hydrogen) atoms. The molecule has 1 saturated heterocycles. The van der Waals surface area contributed by atoms with E-state index in [4.69, 9.17) is 5.73 Å². The largest absolute Gasteiger partial charge is 0.481 e. The second-order valence-corrected chi connectivity index (χ2v) is 14.5. The average Bonchev–Trinajstić information content (AvgIpc) is 3.48. The van der Waals surface area contributed by atoms with E-state index in [2.05, 4.69) is 31.9 Å². The number of carboxylic acid groups (broad SMARTS) is 1. The van der Waals surface area contributed by atoms with Crippen LogP contribution < -0.4 is 37.6 Å². The molecule has 19 heteroatoms. The van der Waals surface area contributed by atoms with Gasteiger partial charge in [-0.1, -0.05) is 57.5 Å². The first-order valence-electron chi connectivity index (χ1n) is 19.5. The first-order valence-corrected chi connectivity index (χ1v) is 19.5. The maximum Gasteiger partial charge on any atom is 0.305 e. The fourth-order valence-corrected chi connectivity index (χ4v) is 6.27. The molecule has 0 spiro atoms. The number of amides is 9. The second kappa shape index (κ2) is 24.7. The van der Waals surface area contributed by atoms with Crippen LogP contribution in [0.5, 0.6) is 0 Å². The van der Waals surface area contributed by atoms with Crippen molar-refractivity contribution < 1.29 is 53.1 Å². The summed E-state index contributed by atoms with van der Waals surface area (Å²) < 4.78 is 0. The Morgan fingerprint density at radius 1 is 0.759 bits per heavy atom.